The number of hydrogen-bond donors (Lipinski definition) is 2. The van der Waals surface area contributed by atoms with Crippen LogP contribution in [0.3, 0.4) is 0 Å². The van der Waals surface area contributed by atoms with E-state index in [1.165, 1.54) is 6.92 Å². The number of carbonyl (C=O) groups excluding carboxylic acids is 1. The first-order valence-corrected chi connectivity index (χ1v) is 6.57. The summed E-state index contributed by atoms with van der Waals surface area (Å²) in [7, 11) is 0. The van der Waals surface area contributed by atoms with E-state index in [1.54, 1.807) is 0 Å². The lowest BCUT2D eigenvalue weighted by atomic mass is 9.63. The van der Waals surface area contributed by atoms with E-state index in [1.807, 2.05) is 31.2 Å². The summed E-state index contributed by atoms with van der Waals surface area (Å²) in [6, 6.07) is 7.06. The Morgan fingerprint density at radius 3 is 2.53 bits per heavy atom. The molecule has 102 valence electrons. The summed E-state index contributed by atoms with van der Waals surface area (Å²) in [6.07, 6.45) is 2.58. The molecule has 4 heteroatoms. The topological polar surface area (TPSA) is 66.4 Å². The summed E-state index contributed by atoms with van der Waals surface area (Å²) < 4.78 is 0. The van der Waals surface area contributed by atoms with Crippen LogP contribution >= 0.6 is 0 Å². The zero-order valence-corrected chi connectivity index (χ0v) is 11.3. The second kappa shape index (κ2) is 5.03. The molecule has 19 heavy (non-hydrogen) atoms. The van der Waals surface area contributed by atoms with Crippen molar-refractivity contribution in [1.29, 1.82) is 0 Å². The predicted octanol–water partition coefficient (Wildman–Crippen LogP) is 2.01. The Balaban J connectivity index is 2.23. The van der Waals surface area contributed by atoms with Crippen molar-refractivity contribution in [1.82, 2.24) is 5.32 Å². The van der Waals surface area contributed by atoms with Crippen molar-refractivity contribution in [2.45, 2.75) is 44.6 Å². The van der Waals surface area contributed by atoms with Gasteiger partial charge in [-0.25, -0.2) is 0 Å². The van der Waals surface area contributed by atoms with Crippen LogP contribution in [0.2, 0.25) is 0 Å². The third kappa shape index (κ3) is 2.48. The summed E-state index contributed by atoms with van der Waals surface area (Å²) >= 11 is 0. The van der Waals surface area contributed by atoms with Crippen LogP contribution in [0.4, 0.5) is 0 Å². The number of benzene rings is 1. The summed E-state index contributed by atoms with van der Waals surface area (Å²) in [5.41, 5.74) is 1.58. The van der Waals surface area contributed by atoms with Gasteiger partial charge in [0.25, 0.3) is 0 Å². The first kappa shape index (κ1) is 13.6. The lowest BCUT2D eigenvalue weighted by Gasteiger charge is -2.41. The Bertz CT molecular complexity index is 506. The second-order valence-corrected chi connectivity index (χ2v) is 5.34. The Kier molecular flexibility index (Phi) is 3.60. The number of aryl methyl sites for hydroxylation is 1. The van der Waals surface area contributed by atoms with E-state index in [0.29, 0.717) is 0 Å². The highest BCUT2D eigenvalue weighted by Crippen LogP contribution is 2.44. The van der Waals surface area contributed by atoms with Gasteiger partial charge in [0.2, 0.25) is 5.91 Å². The number of rotatable bonds is 4. The molecule has 1 atom stereocenters. The van der Waals surface area contributed by atoms with Crippen LogP contribution in [-0.2, 0) is 15.0 Å². The third-order valence-corrected chi connectivity index (χ3v) is 3.93. The van der Waals surface area contributed by atoms with E-state index >= 15 is 0 Å². The Morgan fingerprint density at radius 1 is 1.37 bits per heavy atom. The third-order valence-electron chi connectivity index (χ3n) is 3.93. The fourth-order valence-electron chi connectivity index (χ4n) is 2.52. The molecule has 1 aromatic rings. The van der Waals surface area contributed by atoms with Crippen molar-refractivity contribution in [3.05, 3.63) is 35.4 Å². The molecule has 0 radical (unpaired) electrons. The summed E-state index contributed by atoms with van der Waals surface area (Å²) in [6.45, 7) is 3.48. The van der Waals surface area contributed by atoms with E-state index in [-0.39, 0.29) is 5.91 Å². The van der Waals surface area contributed by atoms with Gasteiger partial charge >= 0.3 is 5.97 Å². The van der Waals surface area contributed by atoms with E-state index in [0.717, 1.165) is 30.4 Å². The van der Waals surface area contributed by atoms with Crippen LogP contribution < -0.4 is 5.32 Å². The zero-order valence-electron chi connectivity index (χ0n) is 11.3. The lowest BCUT2D eigenvalue weighted by molar-refractivity contribution is -0.143. The van der Waals surface area contributed by atoms with Gasteiger partial charge in [-0.15, -0.1) is 0 Å². The monoisotopic (exact) mass is 261 g/mol. The molecule has 1 aliphatic carbocycles. The molecule has 0 bridgehead atoms. The van der Waals surface area contributed by atoms with Crippen LogP contribution in [-0.4, -0.2) is 23.0 Å². The highest BCUT2D eigenvalue weighted by atomic mass is 16.4. The number of amides is 1. The quantitative estimate of drug-likeness (QED) is 0.871. The van der Waals surface area contributed by atoms with Gasteiger partial charge < -0.3 is 10.4 Å². The minimum absolute atomic E-state index is 0.167. The lowest BCUT2D eigenvalue weighted by Crippen LogP contribution is -2.53. The molecule has 4 nitrogen and oxygen atoms in total. The molecule has 1 amide bonds. The number of carboxylic acid groups (broad SMARTS) is 1. The van der Waals surface area contributed by atoms with Gasteiger partial charge in [0.1, 0.15) is 6.04 Å². The molecular formula is C15H19NO3. The van der Waals surface area contributed by atoms with Crippen LogP contribution in [0.15, 0.2) is 24.3 Å². The largest absolute Gasteiger partial charge is 0.480 e. The number of nitrogens with one attached hydrogen (secondary N) is 1. The number of aliphatic carboxylic acids is 1. The highest BCUT2D eigenvalue weighted by Gasteiger charge is 2.46. The van der Waals surface area contributed by atoms with Crippen molar-refractivity contribution in [2.24, 2.45) is 0 Å². The summed E-state index contributed by atoms with van der Waals surface area (Å²) in [5, 5.41) is 11.5. The molecule has 1 aromatic carbocycles. The summed E-state index contributed by atoms with van der Waals surface area (Å²) in [4.78, 5) is 23.2. The minimum Gasteiger partial charge on any atom is -0.480 e. The first-order chi connectivity index (χ1) is 8.95. The second-order valence-electron chi connectivity index (χ2n) is 5.34. The number of carbonyl (C=O) groups is 2. The minimum atomic E-state index is -1.01. The van der Waals surface area contributed by atoms with Gasteiger partial charge in [0.05, 0.1) is 5.41 Å². The number of hydrogen-bond acceptors (Lipinski definition) is 2. The van der Waals surface area contributed by atoms with Gasteiger partial charge in [-0.05, 0) is 32.3 Å². The molecule has 2 rings (SSSR count). The molecule has 1 aliphatic rings. The SMILES string of the molecule is Cc1cccc(C2(C(=O)N[C@@H](C)C(=O)O)CCC2)c1. The molecule has 0 heterocycles. The van der Waals surface area contributed by atoms with Crippen molar-refractivity contribution in [2.75, 3.05) is 0 Å². The van der Waals surface area contributed by atoms with Gasteiger partial charge in [-0.1, -0.05) is 36.2 Å². The number of carboxylic acids is 1. The molecule has 2 N–H and O–H groups in total. The van der Waals surface area contributed by atoms with Crippen molar-refractivity contribution in [3.8, 4) is 0 Å². The van der Waals surface area contributed by atoms with E-state index < -0.39 is 17.4 Å². The average molecular weight is 261 g/mol. The van der Waals surface area contributed by atoms with Crippen LogP contribution in [0.5, 0.6) is 0 Å². The van der Waals surface area contributed by atoms with Gasteiger partial charge in [-0.2, -0.15) is 0 Å². The fourth-order valence-corrected chi connectivity index (χ4v) is 2.52. The smallest absolute Gasteiger partial charge is 0.325 e. The van der Waals surface area contributed by atoms with E-state index in [9.17, 15) is 9.59 Å². The standard InChI is InChI=1S/C15H19NO3/c1-10-5-3-6-12(9-10)15(7-4-8-15)14(19)16-11(2)13(17)18/h3,5-6,9,11H,4,7-8H2,1-2H3,(H,16,19)(H,17,18)/t11-/m0/s1. The molecule has 0 unspecified atom stereocenters. The zero-order chi connectivity index (χ0) is 14.0. The molecule has 0 spiro atoms. The van der Waals surface area contributed by atoms with Crippen LogP contribution in [0.1, 0.15) is 37.3 Å². The van der Waals surface area contributed by atoms with E-state index in [2.05, 4.69) is 5.32 Å². The molecule has 1 fully saturated rings. The Labute approximate surface area is 112 Å². The predicted molar refractivity (Wildman–Crippen MR) is 71.9 cm³/mol. The van der Waals surface area contributed by atoms with Crippen molar-refractivity contribution in [3.63, 3.8) is 0 Å². The van der Waals surface area contributed by atoms with Gasteiger partial charge in [0, 0.05) is 0 Å². The van der Waals surface area contributed by atoms with E-state index in [4.69, 9.17) is 5.11 Å². The maximum absolute atomic E-state index is 12.4. The van der Waals surface area contributed by atoms with Crippen LogP contribution in [0, 0.1) is 6.92 Å². The normalized spacial score (nSPS) is 18.2. The maximum atomic E-state index is 12.4. The van der Waals surface area contributed by atoms with Crippen molar-refractivity contribution < 1.29 is 14.7 Å². The van der Waals surface area contributed by atoms with Crippen molar-refractivity contribution >= 4 is 11.9 Å². The Morgan fingerprint density at radius 2 is 2.05 bits per heavy atom. The fraction of sp³-hybridized carbons (Fsp3) is 0.467. The molecule has 0 aromatic heterocycles. The van der Waals surface area contributed by atoms with Gasteiger partial charge in [-0.3, -0.25) is 9.59 Å². The highest BCUT2D eigenvalue weighted by molar-refractivity contribution is 5.92. The molecule has 1 saturated carbocycles. The van der Waals surface area contributed by atoms with Gasteiger partial charge in [0.15, 0.2) is 0 Å². The first-order valence-electron chi connectivity index (χ1n) is 6.57. The molecule has 0 saturated heterocycles. The average Bonchev–Trinajstić information content (AvgIpc) is 2.27. The Hall–Kier alpha value is -1.84. The molecule has 0 aliphatic heterocycles. The van der Waals surface area contributed by atoms with Crippen LogP contribution in [0.25, 0.3) is 0 Å². The maximum Gasteiger partial charge on any atom is 0.325 e. The summed E-state index contributed by atoms with van der Waals surface area (Å²) in [5.74, 6) is -1.17. The molecular weight excluding hydrogens is 242 g/mol.